The third-order valence-corrected chi connectivity index (χ3v) is 5.12. The molecule has 0 heterocycles. The third kappa shape index (κ3) is 8.35. The van der Waals surface area contributed by atoms with E-state index in [0.29, 0.717) is 0 Å². The summed E-state index contributed by atoms with van der Waals surface area (Å²) in [6, 6.07) is 1.22. The van der Waals surface area contributed by atoms with Crippen molar-refractivity contribution in [2.24, 2.45) is 0 Å². The van der Waals surface area contributed by atoms with E-state index in [1.807, 2.05) is 0 Å². The van der Waals surface area contributed by atoms with Crippen molar-refractivity contribution in [2.75, 3.05) is 12.4 Å². The minimum Gasteiger partial charge on any atom is -0.418 e. The summed E-state index contributed by atoms with van der Waals surface area (Å²) in [5.74, 6) is 0.965. The normalized spacial score (nSPS) is 11.2. The average Bonchev–Trinajstić information content (AvgIpc) is 2.04. The van der Waals surface area contributed by atoms with Gasteiger partial charge in [-0.15, -0.1) is 0 Å². The van der Waals surface area contributed by atoms with Crippen LogP contribution < -0.4 is 0 Å². The monoisotopic (exact) mass is 217 g/mol. The summed E-state index contributed by atoms with van der Waals surface area (Å²) in [7, 11) is -1.36. The molecule has 2 nitrogen and oxygen atoms in total. The smallest absolute Gasteiger partial charge is 0.186 e. The molecule has 0 radical (unpaired) electrons. The topological polar surface area (TPSA) is 33.0 Å². The highest BCUT2D eigenvalue weighted by molar-refractivity contribution is 8.03. The van der Waals surface area contributed by atoms with Gasteiger partial charge in [-0.1, -0.05) is 6.42 Å². The maximum atomic E-state index is 8.31. The first kappa shape index (κ1) is 13.0. The van der Waals surface area contributed by atoms with Gasteiger partial charge in [-0.25, -0.2) is 0 Å². The maximum absolute atomic E-state index is 8.31. The van der Waals surface area contributed by atoms with E-state index in [1.165, 1.54) is 24.2 Å². The lowest BCUT2D eigenvalue weighted by atomic mass is 10.4. The summed E-state index contributed by atoms with van der Waals surface area (Å²) in [6.07, 6.45) is 2.34. The number of thioether (sulfide) groups is 1. The molecule has 0 saturated carbocycles. The summed E-state index contributed by atoms with van der Waals surface area (Å²) in [5.41, 5.74) is 0. The average molecular weight is 217 g/mol. The number of nitrogens with zero attached hydrogens (tertiary/aromatic N) is 1. The predicted octanol–water partition coefficient (Wildman–Crippen LogP) is 3.22. The summed E-state index contributed by atoms with van der Waals surface area (Å²) in [5, 5.41) is 10.4. The molecule has 0 N–H and O–H groups in total. The Hall–Kier alpha value is 0.0169. The van der Waals surface area contributed by atoms with E-state index in [1.54, 1.807) is 0 Å². The van der Waals surface area contributed by atoms with Crippen molar-refractivity contribution in [3.05, 3.63) is 0 Å². The zero-order chi connectivity index (χ0) is 10.2. The Morgan fingerprint density at radius 3 is 2.62 bits per heavy atom. The lowest BCUT2D eigenvalue weighted by Crippen LogP contribution is -2.29. The van der Waals surface area contributed by atoms with Crippen molar-refractivity contribution in [3.63, 3.8) is 0 Å². The third-order valence-electron chi connectivity index (χ3n) is 1.87. The lowest BCUT2D eigenvalue weighted by Gasteiger charge is -2.21. The van der Waals surface area contributed by atoms with Gasteiger partial charge in [0.05, 0.1) is 0 Å². The fourth-order valence-electron chi connectivity index (χ4n) is 1.23. The highest BCUT2D eigenvalue weighted by Gasteiger charge is 2.20. The van der Waals surface area contributed by atoms with Crippen LogP contribution in [0.1, 0.15) is 19.8 Å². The van der Waals surface area contributed by atoms with Gasteiger partial charge in [-0.3, -0.25) is 0 Å². The molecule has 0 amide bonds. The van der Waals surface area contributed by atoms with Crippen molar-refractivity contribution in [2.45, 2.75) is 38.9 Å². The van der Waals surface area contributed by atoms with Gasteiger partial charge >= 0.3 is 0 Å². The van der Waals surface area contributed by atoms with Gasteiger partial charge < -0.3 is 4.43 Å². The molecule has 0 aromatic heterocycles. The molecule has 0 fully saturated rings. The second-order valence-electron chi connectivity index (χ2n) is 3.59. The molecule has 13 heavy (non-hydrogen) atoms. The first-order valence-corrected chi connectivity index (χ1v) is 8.87. The lowest BCUT2D eigenvalue weighted by molar-refractivity contribution is 0.328. The summed E-state index contributed by atoms with van der Waals surface area (Å²) >= 11 is 1.35. The van der Waals surface area contributed by atoms with E-state index in [9.17, 15) is 0 Å². The molecule has 0 atom stereocenters. The van der Waals surface area contributed by atoms with E-state index in [4.69, 9.17) is 9.69 Å². The molecule has 0 aromatic carbocycles. The Morgan fingerprint density at radius 2 is 2.08 bits per heavy atom. The fourth-order valence-corrected chi connectivity index (χ4v) is 3.70. The predicted molar refractivity (Wildman–Crippen MR) is 61.2 cm³/mol. The number of thiocyanates is 1. The van der Waals surface area contributed by atoms with E-state index >= 15 is 0 Å². The Bertz CT molecular complexity index is 167. The molecule has 0 spiro atoms. The van der Waals surface area contributed by atoms with E-state index in [-0.39, 0.29) is 0 Å². The van der Waals surface area contributed by atoms with Crippen molar-refractivity contribution >= 4 is 20.1 Å². The summed E-state index contributed by atoms with van der Waals surface area (Å²) in [4.78, 5) is 0. The molecule has 0 saturated heterocycles. The minimum atomic E-state index is -1.36. The highest BCUT2D eigenvalue weighted by atomic mass is 32.2. The van der Waals surface area contributed by atoms with Gasteiger partial charge in [0, 0.05) is 12.4 Å². The second-order valence-corrected chi connectivity index (χ2v) is 8.78. The van der Waals surface area contributed by atoms with Crippen LogP contribution in [0.3, 0.4) is 0 Å². The van der Waals surface area contributed by atoms with Crippen LogP contribution in [0.5, 0.6) is 0 Å². The van der Waals surface area contributed by atoms with E-state index < -0.39 is 8.32 Å². The molecule has 76 valence electrons. The molecular weight excluding hydrogens is 198 g/mol. The Balaban J connectivity index is 3.36. The number of hydrogen-bond donors (Lipinski definition) is 0. The zero-order valence-corrected chi connectivity index (χ0v) is 10.6. The Morgan fingerprint density at radius 1 is 1.38 bits per heavy atom. The molecular formula is C9H19NOSSi. The molecule has 4 heteroatoms. The van der Waals surface area contributed by atoms with Crippen LogP contribution >= 0.6 is 11.8 Å². The van der Waals surface area contributed by atoms with Crippen LogP contribution in [0.25, 0.3) is 0 Å². The molecule has 0 aliphatic heterocycles. The standard InChI is InChI=1S/C9H19NOSSi/c1-4-11-13(2,3)8-6-5-7-12-9-10/h4-8H2,1-3H3. The summed E-state index contributed by atoms with van der Waals surface area (Å²) in [6.45, 7) is 7.41. The highest BCUT2D eigenvalue weighted by Crippen LogP contribution is 2.16. The summed E-state index contributed by atoms with van der Waals surface area (Å²) < 4.78 is 5.70. The van der Waals surface area contributed by atoms with Gasteiger partial charge in [0.2, 0.25) is 0 Å². The first-order chi connectivity index (χ1) is 6.12. The van der Waals surface area contributed by atoms with Crippen LogP contribution in [0.15, 0.2) is 0 Å². The second kappa shape index (κ2) is 7.42. The van der Waals surface area contributed by atoms with Gasteiger partial charge in [0.25, 0.3) is 0 Å². The van der Waals surface area contributed by atoms with Crippen molar-refractivity contribution < 1.29 is 4.43 Å². The first-order valence-electron chi connectivity index (χ1n) is 4.77. The van der Waals surface area contributed by atoms with Crippen LogP contribution in [0.2, 0.25) is 19.1 Å². The fraction of sp³-hybridized carbons (Fsp3) is 0.889. The van der Waals surface area contributed by atoms with Crippen molar-refractivity contribution in [3.8, 4) is 5.40 Å². The van der Waals surface area contributed by atoms with Gasteiger partial charge in [0.1, 0.15) is 5.40 Å². The number of nitriles is 1. The van der Waals surface area contributed by atoms with Crippen molar-refractivity contribution in [1.82, 2.24) is 0 Å². The molecule has 0 unspecified atom stereocenters. The van der Waals surface area contributed by atoms with Crippen LogP contribution in [0, 0.1) is 10.7 Å². The minimum absolute atomic E-state index is 0.839. The van der Waals surface area contributed by atoms with E-state index in [0.717, 1.165) is 18.8 Å². The molecule has 0 aliphatic carbocycles. The number of unbranched alkanes of at least 4 members (excludes halogenated alkanes) is 1. The number of rotatable bonds is 7. The van der Waals surface area contributed by atoms with E-state index in [2.05, 4.69) is 25.4 Å². The zero-order valence-electron chi connectivity index (χ0n) is 8.80. The van der Waals surface area contributed by atoms with Crippen molar-refractivity contribution in [1.29, 1.82) is 5.26 Å². The van der Waals surface area contributed by atoms with Gasteiger partial charge in [0.15, 0.2) is 8.32 Å². The largest absolute Gasteiger partial charge is 0.418 e. The Labute approximate surface area is 86.8 Å². The SMILES string of the molecule is CCO[Si](C)(C)CCCCSC#N. The molecule has 0 aromatic rings. The quantitative estimate of drug-likeness (QED) is 0.373. The van der Waals surface area contributed by atoms with Crippen LogP contribution in [-0.4, -0.2) is 20.7 Å². The maximum Gasteiger partial charge on any atom is 0.186 e. The van der Waals surface area contributed by atoms with Gasteiger partial charge in [-0.2, -0.15) is 5.26 Å². The van der Waals surface area contributed by atoms with Crippen LogP contribution in [-0.2, 0) is 4.43 Å². The van der Waals surface area contributed by atoms with Gasteiger partial charge in [-0.05, 0) is 44.2 Å². The Kier molecular flexibility index (Phi) is 7.43. The molecule has 0 rings (SSSR count). The van der Waals surface area contributed by atoms with Crippen LogP contribution in [0.4, 0.5) is 0 Å². The molecule has 0 aliphatic rings. The number of hydrogen-bond acceptors (Lipinski definition) is 3. The molecule has 0 bridgehead atoms.